The van der Waals surface area contributed by atoms with Crippen molar-refractivity contribution in [1.29, 1.82) is 0 Å². The number of imide groups is 2. The SMILES string of the molecule is CCCCN1C(=O)C(=O)N(CN2CCC(CCc3ccccc3)CC2)C1=O. The van der Waals surface area contributed by atoms with Gasteiger partial charge in [0.15, 0.2) is 0 Å². The van der Waals surface area contributed by atoms with Crippen molar-refractivity contribution in [1.82, 2.24) is 14.7 Å². The molecular formula is C21H29N3O3. The summed E-state index contributed by atoms with van der Waals surface area (Å²) in [7, 11) is 0. The van der Waals surface area contributed by atoms with Crippen LogP contribution in [0, 0.1) is 5.92 Å². The maximum absolute atomic E-state index is 12.4. The Balaban J connectivity index is 1.45. The van der Waals surface area contributed by atoms with Gasteiger partial charge in [0, 0.05) is 19.6 Å². The molecule has 2 saturated heterocycles. The Morgan fingerprint density at radius 3 is 2.30 bits per heavy atom. The number of piperidine rings is 1. The molecule has 0 spiro atoms. The zero-order chi connectivity index (χ0) is 19.2. The molecule has 0 saturated carbocycles. The van der Waals surface area contributed by atoms with E-state index in [4.69, 9.17) is 0 Å². The minimum atomic E-state index is -0.678. The number of unbranched alkanes of at least 4 members (excludes halogenated alkanes) is 1. The molecule has 0 unspecified atom stereocenters. The fraction of sp³-hybridized carbons (Fsp3) is 0.571. The number of likely N-dealkylation sites (tertiary alicyclic amines) is 1. The highest BCUT2D eigenvalue weighted by Crippen LogP contribution is 2.23. The summed E-state index contributed by atoms with van der Waals surface area (Å²) in [6.07, 6.45) is 6.00. The van der Waals surface area contributed by atoms with Crippen molar-refractivity contribution < 1.29 is 14.4 Å². The zero-order valence-corrected chi connectivity index (χ0v) is 16.1. The van der Waals surface area contributed by atoms with Crippen molar-refractivity contribution in [2.45, 2.75) is 45.4 Å². The van der Waals surface area contributed by atoms with E-state index in [0.29, 0.717) is 12.5 Å². The first-order chi connectivity index (χ1) is 13.1. The third-order valence-corrected chi connectivity index (χ3v) is 5.60. The van der Waals surface area contributed by atoms with Crippen molar-refractivity contribution in [2.75, 3.05) is 26.3 Å². The molecule has 0 radical (unpaired) electrons. The molecule has 146 valence electrons. The summed E-state index contributed by atoms with van der Waals surface area (Å²) in [4.78, 5) is 41.0. The first kappa shape index (κ1) is 19.5. The third-order valence-electron chi connectivity index (χ3n) is 5.60. The van der Waals surface area contributed by atoms with Crippen LogP contribution in [-0.2, 0) is 16.0 Å². The van der Waals surface area contributed by atoms with Gasteiger partial charge in [-0.15, -0.1) is 0 Å². The Labute approximate surface area is 161 Å². The highest BCUT2D eigenvalue weighted by atomic mass is 16.2. The maximum atomic E-state index is 12.4. The zero-order valence-electron chi connectivity index (χ0n) is 16.1. The van der Waals surface area contributed by atoms with Gasteiger partial charge in [0.25, 0.3) is 0 Å². The summed E-state index contributed by atoms with van der Waals surface area (Å²) in [6, 6.07) is 10.1. The molecule has 2 fully saturated rings. The Morgan fingerprint density at radius 1 is 0.963 bits per heavy atom. The van der Waals surface area contributed by atoms with Gasteiger partial charge < -0.3 is 0 Å². The lowest BCUT2D eigenvalue weighted by atomic mass is 9.91. The molecule has 0 aliphatic carbocycles. The quantitative estimate of drug-likeness (QED) is 0.521. The van der Waals surface area contributed by atoms with Gasteiger partial charge in [-0.25, -0.2) is 9.69 Å². The number of amides is 4. The number of hydrogen-bond acceptors (Lipinski definition) is 4. The molecule has 1 aromatic rings. The molecule has 0 bridgehead atoms. The predicted octanol–water partition coefficient (Wildman–Crippen LogP) is 2.88. The number of urea groups is 1. The minimum Gasteiger partial charge on any atom is -0.285 e. The number of carbonyl (C=O) groups is 3. The van der Waals surface area contributed by atoms with Crippen LogP contribution in [0.2, 0.25) is 0 Å². The number of hydrogen-bond donors (Lipinski definition) is 0. The van der Waals surface area contributed by atoms with Gasteiger partial charge in [-0.1, -0.05) is 43.7 Å². The Morgan fingerprint density at radius 2 is 1.63 bits per heavy atom. The number of rotatable bonds is 8. The molecule has 6 nitrogen and oxygen atoms in total. The lowest BCUT2D eigenvalue weighted by molar-refractivity contribution is -0.144. The van der Waals surface area contributed by atoms with E-state index in [1.54, 1.807) is 0 Å². The number of carbonyl (C=O) groups excluding carboxylic acids is 3. The number of nitrogens with zero attached hydrogens (tertiary/aromatic N) is 3. The summed E-state index contributed by atoms with van der Waals surface area (Å²) in [5.74, 6) is -0.678. The fourth-order valence-electron chi connectivity index (χ4n) is 3.82. The third kappa shape index (κ3) is 4.75. The monoisotopic (exact) mass is 371 g/mol. The molecular weight excluding hydrogens is 342 g/mol. The van der Waals surface area contributed by atoms with Gasteiger partial charge in [0.05, 0.1) is 6.67 Å². The van der Waals surface area contributed by atoms with Crippen LogP contribution in [0.5, 0.6) is 0 Å². The maximum Gasteiger partial charge on any atom is 0.335 e. The smallest absolute Gasteiger partial charge is 0.285 e. The van der Waals surface area contributed by atoms with Gasteiger partial charge in [0.1, 0.15) is 0 Å². The lowest BCUT2D eigenvalue weighted by Gasteiger charge is -2.33. The second-order valence-electron chi connectivity index (χ2n) is 7.55. The van der Waals surface area contributed by atoms with E-state index in [2.05, 4.69) is 29.2 Å². The number of benzene rings is 1. The van der Waals surface area contributed by atoms with E-state index in [9.17, 15) is 14.4 Å². The standard InChI is InChI=1S/C21H29N3O3/c1-2-3-13-23-19(25)20(26)24(21(23)27)16-22-14-11-18(12-15-22)10-9-17-7-5-4-6-8-17/h4-8,18H,2-3,9-16H2,1H3. The summed E-state index contributed by atoms with van der Waals surface area (Å²) in [5, 5.41) is 0. The summed E-state index contributed by atoms with van der Waals surface area (Å²) in [5.41, 5.74) is 1.37. The molecule has 27 heavy (non-hydrogen) atoms. The van der Waals surface area contributed by atoms with Gasteiger partial charge >= 0.3 is 17.8 Å². The normalized spacial score (nSPS) is 19.4. The lowest BCUT2D eigenvalue weighted by Crippen LogP contribution is -2.45. The predicted molar refractivity (Wildman–Crippen MR) is 103 cm³/mol. The fourth-order valence-corrected chi connectivity index (χ4v) is 3.82. The van der Waals surface area contributed by atoms with Crippen LogP contribution in [0.25, 0.3) is 0 Å². The molecule has 6 heteroatoms. The van der Waals surface area contributed by atoms with Gasteiger partial charge in [-0.2, -0.15) is 0 Å². The second-order valence-corrected chi connectivity index (χ2v) is 7.55. The van der Waals surface area contributed by atoms with Crippen molar-refractivity contribution in [3.63, 3.8) is 0 Å². The van der Waals surface area contributed by atoms with Crippen LogP contribution in [0.4, 0.5) is 4.79 Å². The van der Waals surface area contributed by atoms with Crippen LogP contribution in [0.15, 0.2) is 30.3 Å². The topological polar surface area (TPSA) is 60.9 Å². The van der Waals surface area contributed by atoms with Crippen LogP contribution in [-0.4, -0.2) is 58.8 Å². The molecule has 2 heterocycles. The van der Waals surface area contributed by atoms with Gasteiger partial charge in [-0.3, -0.25) is 19.4 Å². The molecule has 1 aromatic carbocycles. The van der Waals surface area contributed by atoms with Gasteiger partial charge in [-0.05, 0) is 43.6 Å². The van der Waals surface area contributed by atoms with E-state index in [1.807, 2.05) is 13.0 Å². The first-order valence-corrected chi connectivity index (χ1v) is 10.0. The molecule has 3 rings (SSSR count). The van der Waals surface area contributed by atoms with Crippen molar-refractivity contribution in [3.8, 4) is 0 Å². The van der Waals surface area contributed by atoms with Crippen LogP contribution >= 0.6 is 0 Å². The number of aryl methyl sites for hydroxylation is 1. The van der Waals surface area contributed by atoms with Crippen LogP contribution in [0.1, 0.15) is 44.6 Å². The van der Waals surface area contributed by atoms with Crippen molar-refractivity contribution in [3.05, 3.63) is 35.9 Å². The van der Waals surface area contributed by atoms with Crippen LogP contribution in [0.3, 0.4) is 0 Å². The second kappa shape index (κ2) is 9.13. The Hall–Kier alpha value is -2.21. The molecule has 2 aliphatic heterocycles. The molecule has 0 aromatic heterocycles. The van der Waals surface area contributed by atoms with Crippen LogP contribution < -0.4 is 0 Å². The molecule has 0 atom stereocenters. The Kier molecular flexibility index (Phi) is 6.61. The average molecular weight is 371 g/mol. The summed E-state index contributed by atoms with van der Waals surface area (Å²) in [6.45, 7) is 4.28. The van der Waals surface area contributed by atoms with E-state index < -0.39 is 17.8 Å². The van der Waals surface area contributed by atoms with E-state index >= 15 is 0 Å². The molecule has 0 N–H and O–H groups in total. The highest BCUT2D eigenvalue weighted by molar-refractivity contribution is 6.44. The minimum absolute atomic E-state index is 0.234. The van der Waals surface area contributed by atoms with E-state index in [-0.39, 0.29) is 6.67 Å². The largest absolute Gasteiger partial charge is 0.335 e. The highest BCUT2D eigenvalue weighted by Gasteiger charge is 2.44. The summed E-state index contributed by atoms with van der Waals surface area (Å²) < 4.78 is 0. The van der Waals surface area contributed by atoms with Crippen molar-refractivity contribution >= 4 is 17.8 Å². The summed E-state index contributed by atoms with van der Waals surface area (Å²) >= 11 is 0. The Bertz CT molecular complexity index is 669. The first-order valence-electron chi connectivity index (χ1n) is 10.0. The average Bonchev–Trinajstić information content (AvgIpc) is 2.90. The van der Waals surface area contributed by atoms with Gasteiger partial charge in [0.2, 0.25) is 0 Å². The van der Waals surface area contributed by atoms with Crippen molar-refractivity contribution in [2.24, 2.45) is 5.92 Å². The van der Waals surface area contributed by atoms with E-state index in [0.717, 1.165) is 55.0 Å². The van der Waals surface area contributed by atoms with E-state index in [1.165, 1.54) is 12.0 Å². The molecule has 4 amide bonds. The molecule has 2 aliphatic rings.